The Labute approximate surface area is 172 Å². The van der Waals surface area contributed by atoms with Crippen molar-refractivity contribution in [2.24, 2.45) is 11.0 Å². The normalized spacial score (nSPS) is 33.0. The maximum atomic E-state index is 4.60. The minimum absolute atomic E-state index is 0.0806. The molecule has 5 atom stereocenters. The highest BCUT2D eigenvalue weighted by Gasteiger charge is 2.51. The Morgan fingerprint density at radius 1 is 1.11 bits per heavy atom. The van der Waals surface area contributed by atoms with Crippen LogP contribution in [0.3, 0.4) is 0 Å². The van der Waals surface area contributed by atoms with Gasteiger partial charge in [-0.3, -0.25) is 21.0 Å². The third-order valence-corrected chi connectivity index (χ3v) is 7.97. The SMILES string of the molecule is CSC1=NNC2c3cccn3C3=C(SC4NC(c5ccccc5)NC(C)C34)N12. The molecule has 0 spiro atoms. The molecule has 5 unspecified atom stereocenters. The smallest absolute Gasteiger partial charge is 0.189 e. The second-order valence-electron chi connectivity index (χ2n) is 7.52. The van der Waals surface area contributed by atoms with Gasteiger partial charge in [0.05, 0.1) is 22.9 Å². The van der Waals surface area contributed by atoms with Gasteiger partial charge >= 0.3 is 0 Å². The molecule has 28 heavy (non-hydrogen) atoms. The Bertz CT molecular complexity index is 984. The maximum absolute atomic E-state index is 4.60. The molecule has 1 fully saturated rings. The van der Waals surface area contributed by atoms with Gasteiger partial charge in [-0.25, -0.2) is 0 Å². The summed E-state index contributed by atoms with van der Waals surface area (Å²) in [6, 6.07) is 15.4. The van der Waals surface area contributed by atoms with Gasteiger partial charge in [0.15, 0.2) is 11.3 Å². The van der Waals surface area contributed by atoms with E-state index in [9.17, 15) is 0 Å². The van der Waals surface area contributed by atoms with Gasteiger partial charge in [-0.2, -0.15) is 5.10 Å². The maximum Gasteiger partial charge on any atom is 0.189 e. The summed E-state index contributed by atoms with van der Waals surface area (Å²) in [5, 5.41) is 14.9. The molecule has 0 saturated carbocycles. The Balaban J connectivity index is 1.40. The Morgan fingerprint density at radius 3 is 2.79 bits per heavy atom. The van der Waals surface area contributed by atoms with E-state index in [0.717, 1.165) is 5.17 Å². The lowest BCUT2D eigenvalue weighted by Gasteiger charge is -2.40. The molecule has 144 valence electrons. The van der Waals surface area contributed by atoms with Crippen LogP contribution in [0.15, 0.2) is 58.8 Å². The number of rotatable bonds is 1. The molecule has 4 aliphatic rings. The van der Waals surface area contributed by atoms with Crippen molar-refractivity contribution in [2.45, 2.75) is 30.7 Å². The molecule has 0 aliphatic carbocycles. The zero-order valence-electron chi connectivity index (χ0n) is 15.7. The number of benzene rings is 1. The lowest BCUT2D eigenvalue weighted by Crippen LogP contribution is -2.56. The molecular formula is C20H22N6S2. The first-order chi connectivity index (χ1) is 13.8. The molecule has 1 aromatic carbocycles. The molecule has 1 aromatic heterocycles. The second kappa shape index (κ2) is 6.32. The van der Waals surface area contributed by atoms with Crippen LogP contribution < -0.4 is 16.1 Å². The lowest BCUT2D eigenvalue weighted by molar-refractivity contribution is 0.253. The summed E-state index contributed by atoms with van der Waals surface area (Å²) < 4.78 is 2.38. The molecule has 2 aromatic rings. The van der Waals surface area contributed by atoms with Gasteiger partial charge in [-0.1, -0.05) is 53.9 Å². The van der Waals surface area contributed by atoms with Crippen LogP contribution in [0.25, 0.3) is 5.70 Å². The second-order valence-corrected chi connectivity index (χ2v) is 9.43. The summed E-state index contributed by atoms with van der Waals surface area (Å²) in [5.41, 5.74) is 7.25. The molecule has 5 heterocycles. The van der Waals surface area contributed by atoms with Crippen molar-refractivity contribution < 1.29 is 0 Å². The predicted octanol–water partition coefficient (Wildman–Crippen LogP) is 3.13. The number of hydrazone groups is 1. The van der Waals surface area contributed by atoms with E-state index in [1.165, 1.54) is 22.0 Å². The number of thioether (sulfide) groups is 2. The summed E-state index contributed by atoms with van der Waals surface area (Å²) in [6.07, 6.45) is 4.53. The average Bonchev–Trinajstić information content (AvgIpc) is 3.43. The van der Waals surface area contributed by atoms with Gasteiger partial charge in [0.25, 0.3) is 0 Å². The van der Waals surface area contributed by atoms with Crippen LogP contribution in [0, 0.1) is 5.92 Å². The highest BCUT2D eigenvalue weighted by Crippen LogP contribution is 2.54. The van der Waals surface area contributed by atoms with Gasteiger partial charge < -0.3 is 4.57 Å². The van der Waals surface area contributed by atoms with Crippen molar-refractivity contribution in [2.75, 3.05) is 6.26 Å². The minimum atomic E-state index is 0.0806. The fraction of sp³-hybridized carbons (Fsp3) is 0.350. The largest absolute Gasteiger partial charge is 0.318 e. The standard InChI is InChI=1S/C20H22N6S2/c1-11-14-15-19(28-18(14)22-16(21-11)12-7-4-3-5-8-12)26-17(23-24-20(26)27-2)13-9-6-10-25(13)15/h3-11,14,16-18,21-23H,1-2H3. The van der Waals surface area contributed by atoms with E-state index in [1.807, 2.05) is 11.8 Å². The molecule has 0 amide bonds. The zero-order chi connectivity index (χ0) is 18.8. The van der Waals surface area contributed by atoms with Crippen molar-refractivity contribution >= 4 is 34.4 Å². The van der Waals surface area contributed by atoms with Gasteiger partial charge in [-0.15, -0.1) is 0 Å². The van der Waals surface area contributed by atoms with Gasteiger partial charge in [0, 0.05) is 18.2 Å². The molecule has 0 bridgehead atoms. The number of fused-ring (bicyclic) bond motifs is 7. The molecule has 6 rings (SSSR count). The fourth-order valence-corrected chi connectivity index (χ4v) is 6.97. The first-order valence-corrected chi connectivity index (χ1v) is 11.7. The van der Waals surface area contributed by atoms with Gasteiger partial charge in [0.2, 0.25) is 0 Å². The van der Waals surface area contributed by atoms with E-state index in [0.29, 0.717) is 17.3 Å². The van der Waals surface area contributed by atoms with Crippen molar-refractivity contribution in [1.29, 1.82) is 0 Å². The molecule has 6 nitrogen and oxygen atoms in total. The fourth-order valence-electron chi connectivity index (χ4n) is 4.76. The van der Waals surface area contributed by atoms with Crippen molar-refractivity contribution in [1.82, 2.24) is 25.5 Å². The zero-order valence-corrected chi connectivity index (χ0v) is 17.3. The minimum Gasteiger partial charge on any atom is -0.318 e. The molecule has 3 N–H and O–H groups in total. The molecule has 8 heteroatoms. The Kier molecular flexibility index (Phi) is 3.84. The van der Waals surface area contributed by atoms with Crippen LogP contribution in [-0.2, 0) is 0 Å². The van der Waals surface area contributed by atoms with Crippen LogP contribution in [0.2, 0.25) is 0 Å². The van der Waals surface area contributed by atoms with E-state index in [4.69, 9.17) is 0 Å². The molecular weight excluding hydrogens is 388 g/mol. The summed E-state index contributed by atoms with van der Waals surface area (Å²) in [6.45, 7) is 2.31. The average molecular weight is 411 g/mol. The van der Waals surface area contributed by atoms with E-state index in [-0.39, 0.29) is 12.3 Å². The summed E-state index contributed by atoms with van der Waals surface area (Å²) in [7, 11) is 0. The number of hydrogen-bond acceptors (Lipinski definition) is 7. The summed E-state index contributed by atoms with van der Waals surface area (Å²) in [5.74, 6) is 0.385. The predicted molar refractivity (Wildman–Crippen MR) is 116 cm³/mol. The number of amidine groups is 1. The van der Waals surface area contributed by atoms with Crippen molar-refractivity contribution in [3.8, 4) is 0 Å². The summed E-state index contributed by atoms with van der Waals surface area (Å²) >= 11 is 3.64. The topological polar surface area (TPSA) is 56.6 Å². The van der Waals surface area contributed by atoms with Crippen molar-refractivity contribution in [3.63, 3.8) is 0 Å². The third-order valence-electron chi connectivity index (χ3n) is 6.00. The van der Waals surface area contributed by atoms with Crippen LogP contribution in [0.5, 0.6) is 0 Å². The molecule has 4 aliphatic heterocycles. The lowest BCUT2D eigenvalue weighted by atomic mass is 9.92. The first-order valence-electron chi connectivity index (χ1n) is 9.58. The summed E-state index contributed by atoms with van der Waals surface area (Å²) in [4.78, 5) is 2.38. The number of aromatic nitrogens is 1. The molecule has 0 radical (unpaired) electrons. The van der Waals surface area contributed by atoms with Gasteiger partial charge in [-0.05, 0) is 30.9 Å². The van der Waals surface area contributed by atoms with E-state index in [1.54, 1.807) is 11.8 Å². The highest BCUT2D eigenvalue weighted by atomic mass is 32.2. The van der Waals surface area contributed by atoms with E-state index < -0.39 is 0 Å². The van der Waals surface area contributed by atoms with E-state index >= 15 is 0 Å². The molecule has 1 saturated heterocycles. The monoisotopic (exact) mass is 410 g/mol. The number of hydrogen-bond donors (Lipinski definition) is 3. The quantitative estimate of drug-likeness (QED) is 0.672. The van der Waals surface area contributed by atoms with Crippen LogP contribution in [0.4, 0.5) is 0 Å². The van der Waals surface area contributed by atoms with Gasteiger partial charge in [0.1, 0.15) is 5.03 Å². The Morgan fingerprint density at radius 2 is 1.96 bits per heavy atom. The van der Waals surface area contributed by atoms with Crippen LogP contribution in [0.1, 0.15) is 30.5 Å². The Hall–Kier alpha value is -1.87. The third kappa shape index (κ3) is 2.29. The number of nitrogens with zero attached hydrogens (tertiary/aromatic N) is 3. The van der Waals surface area contributed by atoms with Crippen molar-refractivity contribution in [3.05, 3.63) is 64.9 Å². The first kappa shape index (κ1) is 17.0. The highest BCUT2D eigenvalue weighted by molar-refractivity contribution is 8.13. The van der Waals surface area contributed by atoms with Crippen LogP contribution >= 0.6 is 23.5 Å². The van der Waals surface area contributed by atoms with E-state index in [2.05, 4.69) is 92.5 Å². The number of nitrogens with one attached hydrogen (secondary N) is 3. The van der Waals surface area contributed by atoms with Crippen LogP contribution in [-0.4, -0.2) is 32.3 Å².